The predicted octanol–water partition coefficient (Wildman–Crippen LogP) is 2.78. The van der Waals surface area contributed by atoms with Crippen LogP contribution in [0.15, 0.2) is 36.4 Å². The third-order valence-electron chi connectivity index (χ3n) is 1.87. The SMILES string of the molecule is C/C=C/CCc1ccccc1N. The number of hydrogen-bond acceptors (Lipinski definition) is 1. The first kappa shape index (κ1) is 8.85. The van der Waals surface area contributed by atoms with Crippen molar-refractivity contribution in [3.05, 3.63) is 42.0 Å². The highest BCUT2D eigenvalue weighted by Gasteiger charge is 1.94. The second-order valence-electron chi connectivity index (χ2n) is 2.81. The Labute approximate surface area is 73.9 Å². The van der Waals surface area contributed by atoms with Crippen LogP contribution in [-0.4, -0.2) is 0 Å². The van der Waals surface area contributed by atoms with Crippen LogP contribution in [0.25, 0.3) is 0 Å². The summed E-state index contributed by atoms with van der Waals surface area (Å²) >= 11 is 0. The van der Waals surface area contributed by atoms with Crippen molar-refractivity contribution in [2.75, 3.05) is 5.73 Å². The van der Waals surface area contributed by atoms with Gasteiger partial charge in [0.2, 0.25) is 0 Å². The first-order valence-electron chi connectivity index (χ1n) is 4.29. The maximum absolute atomic E-state index is 5.78. The van der Waals surface area contributed by atoms with Crippen LogP contribution in [0.5, 0.6) is 0 Å². The van der Waals surface area contributed by atoms with Gasteiger partial charge >= 0.3 is 0 Å². The Balaban J connectivity index is 2.57. The van der Waals surface area contributed by atoms with Gasteiger partial charge in [-0.15, -0.1) is 0 Å². The number of nitrogens with two attached hydrogens (primary N) is 1. The molecule has 0 unspecified atom stereocenters. The fourth-order valence-electron chi connectivity index (χ4n) is 1.17. The molecule has 0 aliphatic heterocycles. The highest BCUT2D eigenvalue weighted by molar-refractivity contribution is 5.46. The summed E-state index contributed by atoms with van der Waals surface area (Å²) in [5, 5.41) is 0. The van der Waals surface area contributed by atoms with Gasteiger partial charge in [-0.25, -0.2) is 0 Å². The van der Waals surface area contributed by atoms with Crippen LogP contribution in [0, 0.1) is 0 Å². The maximum Gasteiger partial charge on any atom is 0.0346 e. The molecule has 1 aromatic rings. The molecular weight excluding hydrogens is 146 g/mol. The minimum Gasteiger partial charge on any atom is -0.399 e. The van der Waals surface area contributed by atoms with E-state index in [1.165, 1.54) is 5.56 Å². The van der Waals surface area contributed by atoms with Gasteiger partial charge in [-0.3, -0.25) is 0 Å². The average molecular weight is 161 g/mol. The van der Waals surface area contributed by atoms with Gasteiger partial charge in [0.25, 0.3) is 0 Å². The summed E-state index contributed by atoms with van der Waals surface area (Å²) in [4.78, 5) is 0. The van der Waals surface area contributed by atoms with E-state index in [0.29, 0.717) is 0 Å². The Kier molecular flexibility index (Phi) is 3.39. The Hall–Kier alpha value is -1.24. The highest BCUT2D eigenvalue weighted by Crippen LogP contribution is 2.12. The molecule has 0 saturated heterocycles. The van der Waals surface area contributed by atoms with Crippen molar-refractivity contribution in [2.24, 2.45) is 0 Å². The van der Waals surface area contributed by atoms with Gasteiger partial charge in [-0.2, -0.15) is 0 Å². The van der Waals surface area contributed by atoms with Crippen molar-refractivity contribution >= 4 is 5.69 Å². The van der Waals surface area contributed by atoms with E-state index in [9.17, 15) is 0 Å². The van der Waals surface area contributed by atoms with Gasteiger partial charge < -0.3 is 5.73 Å². The van der Waals surface area contributed by atoms with Crippen molar-refractivity contribution in [3.63, 3.8) is 0 Å². The number of aryl methyl sites for hydroxylation is 1. The minimum atomic E-state index is 0.905. The predicted molar refractivity (Wildman–Crippen MR) is 54.0 cm³/mol. The summed E-state index contributed by atoms with van der Waals surface area (Å²) < 4.78 is 0. The van der Waals surface area contributed by atoms with E-state index in [1.807, 2.05) is 25.1 Å². The lowest BCUT2D eigenvalue weighted by atomic mass is 10.1. The Morgan fingerprint density at radius 1 is 1.33 bits per heavy atom. The first-order valence-corrected chi connectivity index (χ1v) is 4.29. The van der Waals surface area contributed by atoms with Crippen LogP contribution in [-0.2, 0) is 6.42 Å². The van der Waals surface area contributed by atoms with Gasteiger partial charge in [0, 0.05) is 5.69 Å². The monoisotopic (exact) mass is 161 g/mol. The van der Waals surface area contributed by atoms with Crippen molar-refractivity contribution in [2.45, 2.75) is 19.8 Å². The zero-order valence-electron chi connectivity index (χ0n) is 7.46. The summed E-state index contributed by atoms with van der Waals surface area (Å²) in [5.74, 6) is 0. The molecule has 2 N–H and O–H groups in total. The largest absolute Gasteiger partial charge is 0.399 e. The molecule has 0 aromatic heterocycles. The quantitative estimate of drug-likeness (QED) is 0.535. The molecule has 0 saturated carbocycles. The minimum absolute atomic E-state index is 0.905. The van der Waals surface area contributed by atoms with E-state index < -0.39 is 0 Å². The lowest BCUT2D eigenvalue weighted by molar-refractivity contribution is 1.00. The van der Waals surface area contributed by atoms with E-state index in [4.69, 9.17) is 5.73 Å². The normalized spacial score (nSPS) is 10.8. The summed E-state index contributed by atoms with van der Waals surface area (Å²) in [5.41, 5.74) is 7.93. The third-order valence-corrected chi connectivity index (χ3v) is 1.87. The first-order chi connectivity index (χ1) is 5.84. The van der Waals surface area contributed by atoms with Crippen LogP contribution >= 0.6 is 0 Å². The van der Waals surface area contributed by atoms with Crippen LogP contribution in [0.4, 0.5) is 5.69 Å². The standard InChI is InChI=1S/C11H15N/c1-2-3-4-7-10-8-5-6-9-11(10)12/h2-3,5-6,8-9H,4,7,12H2,1H3/b3-2+. The molecule has 1 rings (SSSR count). The highest BCUT2D eigenvalue weighted by atomic mass is 14.6. The lowest BCUT2D eigenvalue weighted by Gasteiger charge is -2.01. The zero-order valence-corrected chi connectivity index (χ0v) is 7.46. The molecule has 1 heteroatoms. The fraction of sp³-hybridized carbons (Fsp3) is 0.273. The Bertz CT molecular complexity index is 263. The van der Waals surface area contributed by atoms with Crippen molar-refractivity contribution in [3.8, 4) is 0 Å². The van der Waals surface area contributed by atoms with E-state index in [1.54, 1.807) is 0 Å². The molecule has 0 atom stereocenters. The number of para-hydroxylation sites is 1. The van der Waals surface area contributed by atoms with Crippen molar-refractivity contribution in [1.82, 2.24) is 0 Å². The summed E-state index contributed by atoms with van der Waals surface area (Å²) in [6.07, 6.45) is 6.34. The number of hydrogen-bond donors (Lipinski definition) is 1. The smallest absolute Gasteiger partial charge is 0.0346 e. The van der Waals surface area contributed by atoms with Crippen LogP contribution in [0.3, 0.4) is 0 Å². The average Bonchev–Trinajstić information content (AvgIpc) is 2.09. The van der Waals surface area contributed by atoms with E-state index >= 15 is 0 Å². The van der Waals surface area contributed by atoms with Crippen molar-refractivity contribution in [1.29, 1.82) is 0 Å². The number of allylic oxidation sites excluding steroid dienone is 2. The van der Waals surface area contributed by atoms with Crippen molar-refractivity contribution < 1.29 is 0 Å². The third kappa shape index (κ3) is 2.42. The van der Waals surface area contributed by atoms with Gasteiger partial charge in [0.05, 0.1) is 0 Å². The number of anilines is 1. The Morgan fingerprint density at radius 2 is 2.08 bits per heavy atom. The lowest BCUT2D eigenvalue weighted by Crippen LogP contribution is -1.92. The van der Waals surface area contributed by atoms with E-state index in [2.05, 4.69) is 18.2 Å². The second-order valence-corrected chi connectivity index (χ2v) is 2.81. The molecule has 0 bridgehead atoms. The zero-order chi connectivity index (χ0) is 8.81. The number of nitrogen functional groups attached to an aromatic ring is 1. The summed E-state index contributed by atoms with van der Waals surface area (Å²) in [6, 6.07) is 8.03. The van der Waals surface area contributed by atoms with Crippen LogP contribution in [0.1, 0.15) is 18.9 Å². The fourth-order valence-corrected chi connectivity index (χ4v) is 1.17. The van der Waals surface area contributed by atoms with Gasteiger partial charge in [0.1, 0.15) is 0 Å². The number of rotatable bonds is 3. The molecule has 0 fully saturated rings. The molecule has 1 nitrogen and oxygen atoms in total. The van der Waals surface area contributed by atoms with Crippen LogP contribution in [0.2, 0.25) is 0 Å². The molecule has 0 aliphatic rings. The van der Waals surface area contributed by atoms with Gasteiger partial charge in [-0.05, 0) is 31.4 Å². The van der Waals surface area contributed by atoms with Gasteiger partial charge in [-0.1, -0.05) is 30.4 Å². The Morgan fingerprint density at radius 3 is 2.75 bits per heavy atom. The van der Waals surface area contributed by atoms with E-state index in [0.717, 1.165) is 18.5 Å². The molecular formula is C11H15N. The molecule has 0 heterocycles. The molecule has 1 aromatic carbocycles. The summed E-state index contributed by atoms with van der Waals surface area (Å²) in [7, 11) is 0. The second kappa shape index (κ2) is 4.60. The summed E-state index contributed by atoms with van der Waals surface area (Å²) in [6.45, 7) is 2.04. The molecule has 0 amide bonds. The number of benzene rings is 1. The van der Waals surface area contributed by atoms with Gasteiger partial charge in [0.15, 0.2) is 0 Å². The molecule has 12 heavy (non-hydrogen) atoms. The maximum atomic E-state index is 5.78. The molecule has 0 radical (unpaired) electrons. The molecule has 64 valence electrons. The topological polar surface area (TPSA) is 26.0 Å². The van der Waals surface area contributed by atoms with Crippen LogP contribution < -0.4 is 5.73 Å². The molecule has 0 spiro atoms. The van der Waals surface area contributed by atoms with E-state index in [-0.39, 0.29) is 0 Å². The molecule has 0 aliphatic carbocycles.